The van der Waals surface area contributed by atoms with Gasteiger partial charge in [0, 0.05) is 12.8 Å². The number of carbonyl (C=O) groups excluding carboxylic acids is 2. The van der Waals surface area contributed by atoms with Crippen molar-refractivity contribution in [1.82, 2.24) is 0 Å². The summed E-state index contributed by atoms with van der Waals surface area (Å²) in [6.07, 6.45) is 50.5. The predicted molar refractivity (Wildman–Crippen MR) is 266 cm³/mol. The molecular weight excluding hydrogens is 844 g/mol. The number of hydrogen-bond acceptors (Lipinski definition) is 10. The van der Waals surface area contributed by atoms with Gasteiger partial charge in [-0.2, -0.15) is 0 Å². The maximum atomic E-state index is 12.7. The molecule has 376 valence electrons. The van der Waals surface area contributed by atoms with Crippen molar-refractivity contribution >= 4 is 19.8 Å². The molecule has 0 heterocycles. The van der Waals surface area contributed by atoms with Crippen LogP contribution in [0.2, 0.25) is 0 Å². The van der Waals surface area contributed by atoms with E-state index in [1.54, 1.807) is 12.2 Å². The molecule has 12 heteroatoms. The number of rotatable bonds is 46. The van der Waals surface area contributed by atoms with E-state index in [0.717, 1.165) is 57.3 Å². The molecule has 0 bridgehead atoms. The molecule has 0 aliphatic carbocycles. The Kier molecular flexibility index (Phi) is 44.6. The number of esters is 2. The lowest BCUT2D eigenvalue weighted by molar-refractivity contribution is -0.161. The van der Waals surface area contributed by atoms with Crippen LogP contribution in [0.4, 0.5) is 0 Å². The minimum atomic E-state index is -4.69. The van der Waals surface area contributed by atoms with Crippen LogP contribution in [0.15, 0.2) is 72.9 Å². The molecule has 0 radical (unpaired) electrons. The summed E-state index contributed by atoms with van der Waals surface area (Å²) >= 11 is 0. The van der Waals surface area contributed by atoms with Gasteiger partial charge in [0.05, 0.1) is 25.9 Å². The minimum absolute atomic E-state index is 0.0627. The summed E-state index contributed by atoms with van der Waals surface area (Å²) in [6, 6.07) is 0. The van der Waals surface area contributed by atoms with E-state index in [1.807, 2.05) is 12.2 Å². The van der Waals surface area contributed by atoms with Crippen LogP contribution in [0, 0.1) is 5.92 Å². The number of ether oxygens (including phenoxy) is 2. The average Bonchev–Trinajstić information content (AvgIpc) is 3.29. The topological polar surface area (TPSA) is 169 Å². The van der Waals surface area contributed by atoms with Gasteiger partial charge in [0.2, 0.25) is 0 Å². The van der Waals surface area contributed by atoms with Gasteiger partial charge in [-0.25, -0.2) is 4.57 Å². The van der Waals surface area contributed by atoms with Gasteiger partial charge >= 0.3 is 19.8 Å². The number of hydrogen-bond donors (Lipinski definition) is 4. The van der Waals surface area contributed by atoms with Gasteiger partial charge in [-0.05, 0) is 50.9 Å². The van der Waals surface area contributed by atoms with Crippen LogP contribution in [0.3, 0.4) is 0 Å². The van der Waals surface area contributed by atoms with Crippen molar-refractivity contribution in [2.24, 2.45) is 5.92 Å². The maximum Gasteiger partial charge on any atom is 0.472 e. The summed E-state index contributed by atoms with van der Waals surface area (Å²) in [7, 11) is -4.69. The van der Waals surface area contributed by atoms with Gasteiger partial charge in [0.25, 0.3) is 0 Å². The first-order valence-electron chi connectivity index (χ1n) is 25.4. The van der Waals surface area contributed by atoms with E-state index in [9.17, 15) is 29.3 Å². The Bertz CT molecular complexity index is 1340. The number of carbonyl (C=O) groups is 2. The second kappa shape index (κ2) is 46.5. The van der Waals surface area contributed by atoms with Gasteiger partial charge in [-0.3, -0.25) is 18.6 Å². The highest BCUT2D eigenvalue weighted by Crippen LogP contribution is 2.43. The Morgan fingerprint density at radius 3 is 1.51 bits per heavy atom. The number of allylic oxidation sites excluding steroid dienone is 11. The third kappa shape index (κ3) is 46.3. The number of phosphoric acid groups is 1. The summed E-state index contributed by atoms with van der Waals surface area (Å²) in [5.41, 5.74) is 0. The maximum absolute atomic E-state index is 12.7. The van der Waals surface area contributed by atoms with E-state index in [1.165, 1.54) is 103 Å². The molecule has 0 fully saturated rings. The standard InChI is InChI=1S/C53H93O11P/c1-4-6-7-8-9-10-11-12-13-19-22-25-28-31-34-37-40-49(55)42-43-53(58)64-51(47-63-65(59,60)62-45-50(56)44-54)46-61-52(57)41-38-35-32-29-26-23-20-17-15-14-16-18-21-24-27-30-33-36-39-48(3)5-2/h6-7,9-10,12-13,22,25,31,34,37,40,48-51,54-56H,4-5,8,11,14-21,23-24,26-30,32-33,35-36,38-39,41-47H2,1-3H3,(H,59,60)/b7-6-,10-9-,13-12-,25-22-,34-31-,40-37-/t48?,49?,50-,51+/m0/s1. The molecule has 0 aliphatic rings. The minimum Gasteiger partial charge on any atom is -0.462 e. The third-order valence-electron chi connectivity index (χ3n) is 11.0. The van der Waals surface area contributed by atoms with Crippen LogP contribution in [-0.4, -0.2) is 76.9 Å². The van der Waals surface area contributed by atoms with Crippen molar-refractivity contribution in [1.29, 1.82) is 0 Å². The molecule has 0 amide bonds. The Hall–Kier alpha value is -2.63. The molecule has 0 aliphatic heterocycles. The highest BCUT2D eigenvalue weighted by molar-refractivity contribution is 7.47. The first-order chi connectivity index (χ1) is 31.5. The number of aliphatic hydroxyl groups excluding tert-OH is 3. The fraction of sp³-hybridized carbons (Fsp3) is 0.736. The van der Waals surface area contributed by atoms with Gasteiger partial charge in [-0.1, -0.05) is 216 Å². The smallest absolute Gasteiger partial charge is 0.462 e. The van der Waals surface area contributed by atoms with Crippen LogP contribution in [0.25, 0.3) is 0 Å². The molecule has 5 atom stereocenters. The molecule has 4 N–H and O–H groups in total. The lowest BCUT2D eigenvalue weighted by Gasteiger charge is -2.20. The zero-order valence-electron chi connectivity index (χ0n) is 41.0. The molecule has 0 spiro atoms. The van der Waals surface area contributed by atoms with E-state index in [4.69, 9.17) is 19.1 Å². The summed E-state index contributed by atoms with van der Waals surface area (Å²) in [4.78, 5) is 35.2. The fourth-order valence-corrected chi connectivity index (χ4v) is 7.52. The predicted octanol–water partition coefficient (Wildman–Crippen LogP) is 13.2. The zero-order chi connectivity index (χ0) is 47.9. The van der Waals surface area contributed by atoms with Crippen molar-refractivity contribution in [3.05, 3.63) is 72.9 Å². The normalized spacial score (nSPS) is 15.2. The molecule has 0 aromatic heterocycles. The van der Waals surface area contributed by atoms with E-state index >= 15 is 0 Å². The Morgan fingerprint density at radius 1 is 0.554 bits per heavy atom. The van der Waals surface area contributed by atoms with Crippen molar-refractivity contribution in [3.8, 4) is 0 Å². The summed E-state index contributed by atoms with van der Waals surface area (Å²) in [5.74, 6) is -0.318. The highest BCUT2D eigenvalue weighted by atomic mass is 31.2. The Balaban J connectivity index is 4.37. The molecule has 0 saturated carbocycles. The number of phosphoric ester groups is 1. The second-order valence-electron chi connectivity index (χ2n) is 17.3. The molecule has 0 rings (SSSR count). The van der Waals surface area contributed by atoms with Crippen molar-refractivity contribution < 1.29 is 52.9 Å². The van der Waals surface area contributed by atoms with E-state index in [2.05, 4.69) is 73.9 Å². The molecule has 65 heavy (non-hydrogen) atoms. The average molecular weight is 937 g/mol. The van der Waals surface area contributed by atoms with Crippen molar-refractivity contribution in [2.45, 2.75) is 219 Å². The van der Waals surface area contributed by atoms with Gasteiger partial charge in [0.1, 0.15) is 12.7 Å². The molecule has 11 nitrogen and oxygen atoms in total. The highest BCUT2D eigenvalue weighted by Gasteiger charge is 2.27. The zero-order valence-corrected chi connectivity index (χ0v) is 41.9. The lowest BCUT2D eigenvalue weighted by atomic mass is 9.99. The van der Waals surface area contributed by atoms with Crippen molar-refractivity contribution in [2.75, 3.05) is 26.4 Å². The second-order valence-corrected chi connectivity index (χ2v) is 18.7. The Labute approximate surface area is 395 Å². The summed E-state index contributed by atoms with van der Waals surface area (Å²) in [6.45, 7) is 4.40. The fourth-order valence-electron chi connectivity index (χ4n) is 6.73. The first kappa shape index (κ1) is 62.4. The quantitative estimate of drug-likeness (QED) is 0.0151. The van der Waals surface area contributed by atoms with Crippen LogP contribution >= 0.6 is 7.82 Å². The van der Waals surface area contributed by atoms with Gasteiger partial charge in [-0.15, -0.1) is 0 Å². The summed E-state index contributed by atoms with van der Waals surface area (Å²) in [5, 5.41) is 28.7. The SMILES string of the molecule is CC/C=C\C/C=C\C/C=C\C/C=C\C/C=C\C=C/C(O)CCC(=O)O[C@H](COC(=O)CCCCCCCCCCCCCCCCCCCCC(C)CC)COP(=O)(O)OC[C@@H](O)CO. The number of unbranched alkanes of at least 4 members (excludes halogenated alkanes) is 17. The van der Waals surface area contributed by atoms with Gasteiger partial charge < -0.3 is 29.7 Å². The molecule has 3 unspecified atom stereocenters. The molecule has 0 saturated heterocycles. The van der Waals surface area contributed by atoms with Gasteiger partial charge in [0.15, 0.2) is 6.10 Å². The largest absolute Gasteiger partial charge is 0.472 e. The molecule has 0 aromatic rings. The van der Waals surface area contributed by atoms with Crippen molar-refractivity contribution in [3.63, 3.8) is 0 Å². The lowest BCUT2D eigenvalue weighted by Crippen LogP contribution is -2.30. The first-order valence-corrected chi connectivity index (χ1v) is 26.9. The van der Waals surface area contributed by atoms with Crippen LogP contribution in [0.5, 0.6) is 0 Å². The third-order valence-corrected chi connectivity index (χ3v) is 12.0. The molecular formula is C53H93O11P. The Morgan fingerprint density at radius 2 is 1.02 bits per heavy atom. The van der Waals surface area contributed by atoms with Crippen LogP contribution in [-0.2, 0) is 32.7 Å². The van der Waals surface area contributed by atoms with Crippen LogP contribution < -0.4 is 0 Å². The van der Waals surface area contributed by atoms with E-state index in [-0.39, 0.29) is 19.3 Å². The monoisotopic (exact) mass is 937 g/mol. The molecule has 0 aromatic carbocycles. The van der Waals surface area contributed by atoms with Crippen LogP contribution in [0.1, 0.15) is 201 Å². The van der Waals surface area contributed by atoms with E-state index < -0.39 is 64.5 Å². The summed E-state index contributed by atoms with van der Waals surface area (Å²) < 4.78 is 32.6. The number of aliphatic hydroxyl groups is 3. The van der Waals surface area contributed by atoms with E-state index in [0.29, 0.717) is 6.42 Å².